The first-order valence-electron chi connectivity index (χ1n) is 10.9. The van der Waals surface area contributed by atoms with Crippen LogP contribution >= 0.6 is 0 Å². The molecule has 1 saturated heterocycles. The molecule has 24 heavy (non-hydrogen) atoms. The van der Waals surface area contributed by atoms with E-state index >= 15 is 0 Å². The van der Waals surface area contributed by atoms with Crippen LogP contribution in [-0.2, 0) is 0 Å². The zero-order valence-electron chi connectivity index (χ0n) is 17.2. The fourth-order valence-corrected chi connectivity index (χ4v) is 3.54. The SMILES string of the molecule is CCCCN(CCCC)C(N(CCCC)CCCC)=[N+]1CCCC1. The second-order valence-electron chi connectivity index (χ2n) is 7.38. The molecule has 0 bridgehead atoms. The van der Waals surface area contributed by atoms with Crippen molar-refractivity contribution >= 4 is 5.96 Å². The number of unbranched alkanes of at least 4 members (excludes halogenated alkanes) is 4. The first kappa shape index (κ1) is 21.3. The van der Waals surface area contributed by atoms with E-state index < -0.39 is 0 Å². The molecule has 1 rings (SSSR count). The molecule has 1 fully saturated rings. The summed E-state index contributed by atoms with van der Waals surface area (Å²) < 4.78 is 2.70. The molecule has 1 heterocycles. The van der Waals surface area contributed by atoms with E-state index in [4.69, 9.17) is 0 Å². The van der Waals surface area contributed by atoms with Gasteiger partial charge in [0, 0.05) is 0 Å². The highest BCUT2D eigenvalue weighted by Gasteiger charge is 2.29. The lowest BCUT2D eigenvalue weighted by Gasteiger charge is -2.30. The molecule has 0 spiro atoms. The molecule has 1 aliphatic rings. The summed E-state index contributed by atoms with van der Waals surface area (Å²) in [5, 5.41) is 0. The first-order chi connectivity index (χ1) is 11.8. The normalized spacial score (nSPS) is 14.2. The molecular formula is C21H44N3+. The molecule has 0 N–H and O–H groups in total. The number of guanidine groups is 1. The highest BCUT2D eigenvalue weighted by molar-refractivity contribution is 5.75. The van der Waals surface area contributed by atoms with E-state index in [2.05, 4.69) is 42.1 Å². The van der Waals surface area contributed by atoms with Crippen LogP contribution in [-0.4, -0.2) is 59.6 Å². The van der Waals surface area contributed by atoms with Gasteiger partial charge in [-0.2, -0.15) is 0 Å². The molecule has 3 nitrogen and oxygen atoms in total. The van der Waals surface area contributed by atoms with Crippen molar-refractivity contribution in [1.82, 2.24) is 9.80 Å². The zero-order chi connectivity index (χ0) is 17.6. The van der Waals surface area contributed by atoms with Gasteiger partial charge in [0.05, 0.1) is 39.3 Å². The van der Waals surface area contributed by atoms with Gasteiger partial charge in [-0.05, 0) is 38.5 Å². The number of hydrogen-bond acceptors (Lipinski definition) is 0. The predicted octanol–water partition coefficient (Wildman–Crippen LogP) is 4.95. The van der Waals surface area contributed by atoms with Crippen LogP contribution in [0.3, 0.4) is 0 Å². The quantitative estimate of drug-likeness (QED) is 0.368. The van der Waals surface area contributed by atoms with Crippen LogP contribution in [0.4, 0.5) is 0 Å². The van der Waals surface area contributed by atoms with Crippen LogP contribution < -0.4 is 0 Å². The average molecular weight is 339 g/mol. The van der Waals surface area contributed by atoms with Crippen molar-refractivity contribution in [2.75, 3.05) is 39.3 Å². The number of nitrogens with zero attached hydrogens (tertiary/aromatic N) is 3. The lowest BCUT2D eigenvalue weighted by Crippen LogP contribution is -2.51. The zero-order valence-corrected chi connectivity index (χ0v) is 17.2. The molecule has 3 heteroatoms. The second kappa shape index (κ2) is 13.5. The molecule has 0 atom stereocenters. The third-order valence-electron chi connectivity index (χ3n) is 5.08. The summed E-state index contributed by atoms with van der Waals surface area (Å²) in [5.41, 5.74) is 0. The summed E-state index contributed by atoms with van der Waals surface area (Å²) in [4.78, 5) is 5.48. The summed E-state index contributed by atoms with van der Waals surface area (Å²) in [6.07, 6.45) is 13.2. The van der Waals surface area contributed by atoms with E-state index in [1.807, 2.05) is 0 Å². The molecule has 0 amide bonds. The van der Waals surface area contributed by atoms with E-state index in [0.29, 0.717) is 0 Å². The van der Waals surface area contributed by atoms with E-state index in [-0.39, 0.29) is 0 Å². The van der Waals surface area contributed by atoms with Gasteiger partial charge >= 0.3 is 5.96 Å². The standard InChI is InChI=1S/C21H44N3/c1-5-9-15-22(16-10-6-2)21(24-19-13-14-20-24)23(17-11-7-3)18-12-8-4/h5-20H2,1-4H3/q+1. The van der Waals surface area contributed by atoms with Crippen molar-refractivity contribution < 1.29 is 4.58 Å². The summed E-state index contributed by atoms with van der Waals surface area (Å²) in [6, 6.07) is 0. The predicted molar refractivity (Wildman–Crippen MR) is 107 cm³/mol. The Bertz CT molecular complexity index is 292. The maximum Gasteiger partial charge on any atom is 0.350 e. The lowest BCUT2D eigenvalue weighted by atomic mass is 10.2. The molecule has 1 aliphatic heterocycles. The molecule has 0 aliphatic carbocycles. The summed E-state index contributed by atoms with van der Waals surface area (Å²) in [7, 11) is 0. The van der Waals surface area contributed by atoms with Crippen molar-refractivity contribution in [3.8, 4) is 0 Å². The van der Waals surface area contributed by atoms with Crippen LogP contribution in [0.5, 0.6) is 0 Å². The maximum atomic E-state index is 2.74. The molecule has 0 aromatic rings. The van der Waals surface area contributed by atoms with Crippen molar-refractivity contribution in [3.05, 3.63) is 0 Å². The van der Waals surface area contributed by atoms with Crippen molar-refractivity contribution in [2.45, 2.75) is 91.9 Å². The molecule has 0 aromatic heterocycles. The fraction of sp³-hybridized carbons (Fsp3) is 0.952. The molecule has 142 valence electrons. The lowest BCUT2D eigenvalue weighted by molar-refractivity contribution is -0.517. The largest absolute Gasteiger partial charge is 0.350 e. The maximum absolute atomic E-state index is 2.74. The Hall–Kier alpha value is -0.730. The highest BCUT2D eigenvalue weighted by atomic mass is 15.4. The van der Waals surface area contributed by atoms with Gasteiger partial charge in [0.2, 0.25) is 0 Å². The highest BCUT2D eigenvalue weighted by Crippen LogP contribution is 2.12. The van der Waals surface area contributed by atoms with Gasteiger partial charge < -0.3 is 0 Å². The Morgan fingerprint density at radius 1 is 0.625 bits per heavy atom. The fourth-order valence-electron chi connectivity index (χ4n) is 3.54. The molecular weight excluding hydrogens is 294 g/mol. The van der Waals surface area contributed by atoms with Crippen LogP contribution in [0.2, 0.25) is 0 Å². The van der Waals surface area contributed by atoms with Gasteiger partial charge in [-0.25, -0.2) is 0 Å². The van der Waals surface area contributed by atoms with Gasteiger partial charge in [-0.1, -0.05) is 53.4 Å². The summed E-state index contributed by atoms with van der Waals surface area (Å²) in [5.74, 6) is 1.58. The molecule has 0 unspecified atom stereocenters. The summed E-state index contributed by atoms with van der Waals surface area (Å²) in [6.45, 7) is 16.7. The Balaban J connectivity index is 3.01. The first-order valence-corrected chi connectivity index (χ1v) is 10.9. The Labute approximate surface area is 152 Å². The van der Waals surface area contributed by atoms with Crippen LogP contribution in [0.15, 0.2) is 0 Å². The molecule has 0 aromatic carbocycles. The smallest absolute Gasteiger partial charge is 0.265 e. The summed E-state index contributed by atoms with van der Waals surface area (Å²) >= 11 is 0. The minimum Gasteiger partial charge on any atom is -0.265 e. The monoisotopic (exact) mass is 338 g/mol. The van der Waals surface area contributed by atoms with Gasteiger partial charge in [0.1, 0.15) is 0 Å². The Kier molecular flexibility index (Phi) is 12.0. The van der Waals surface area contributed by atoms with Crippen LogP contribution in [0, 0.1) is 0 Å². The van der Waals surface area contributed by atoms with Crippen molar-refractivity contribution in [3.63, 3.8) is 0 Å². The Morgan fingerprint density at radius 3 is 1.25 bits per heavy atom. The van der Waals surface area contributed by atoms with Gasteiger partial charge in [0.15, 0.2) is 0 Å². The third kappa shape index (κ3) is 7.44. The van der Waals surface area contributed by atoms with E-state index in [1.165, 1.54) is 103 Å². The third-order valence-corrected chi connectivity index (χ3v) is 5.08. The minimum atomic E-state index is 1.23. The number of rotatable bonds is 12. The number of hydrogen-bond donors (Lipinski definition) is 0. The Morgan fingerprint density at radius 2 is 0.958 bits per heavy atom. The van der Waals surface area contributed by atoms with E-state index in [1.54, 1.807) is 5.96 Å². The van der Waals surface area contributed by atoms with Crippen molar-refractivity contribution in [2.24, 2.45) is 0 Å². The van der Waals surface area contributed by atoms with Crippen LogP contribution in [0.25, 0.3) is 0 Å². The van der Waals surface area contributed by atoms with E-state index in [0.717, 1.165) is 0 Å². The van der Waals surface area contributed by atoms with Gasteiger partial charge in [0.25, 0.3) is 0 Å². The topological polar surface area (TPSA) is 9.49 Å². The molecule has 0 saturated carbocycles. The van der Waals surface area contributed by atoms with Gasteiger partial charge in [-0.15, -0.1) is 0 Å². The minimum absolute atomic E-state index is 1.23. The average Bonchev–Trinajstić information content (AvgIpc) is 3.12. The van der Waals surface area contributed by atoms with Crippen LogP contribution in [0.1, 0.15) is 91.9 Å². The molecule has 0 radical (unpaired) electrons. The second-order valence-corrected chi connectivity index (χ2v) is 7.38. The van der Waals surface area contributed by atoms with Crippen molar-refractivity contribution in [1.29, 1.82) is 0 Å². The van der Waals surface area contributed by atoms with Gasteiger partial charge in [-0.3, -0.25) is 14.4 Å². The van der Waals surface area contributed by atoms with E-state index in [9.17, 15) is 0 Å².